The van der Waals surface area contributed by atoms with E-state index < -0.39 is 41.3 Å². The van der Waals surface area contributed by atoms with Gasteiger partial charge in [0.15, 0.2) is 5.17 Å². The Hall–Kier alpha value is -1.43. The van der Waals surface area contributed by atoms with Crippen molar-refractivity contribution < 1.29 is 35.5 Å². The molecule has 1 saturated heterocycles. The maximum atomic E-state index is 13.8. The van der Waals surface area contributed by atoms with Crippen molar-refractivity contribution in [2.45, 2.75) is 36.5 Å². The molecule has 3 nitrogen and oxygen atoms in total. The Morgan fingerprint density at radius 2 is 1.81 bits per heavy atom. The number of hydrogen-bond acceptors (Lipinski definition) is 4. The predicted molar refractivity (Wildman–Crippen MR) is 85.2 cm³/mol. The van der Waals surface area contributed by atoms with E-state index in [2.05, 4.69) is 4.99 Å². The van der Waals surface area contributed by atoms with Gasteiger partial charge in [-0.05, 0) is 24.6 Å². The molecule has 144 valence electrons. The second-order valence-electron chi connectivity index (χ2n) is 5.03. The number of carbonyl (C=O) groups excluding carboxylic acids is 1. The van der Waals surface area contributed by atoms with Crippen LogP contribution in [-0.2, 0) is 4.79 Å². The Kier molecular flexibility index (Phi) is 6.83. The molecule has 2 atom stereocenters. The minimum Gasteiger partial charge on any atom is -0.273 e. The molecule has 1 aliphatic heterocycles. The van der Waals surface area contributed by atoms with Gasteiger partial charge in [0, 0.05) is 4.90 Å². The molecule has 1 aliphatic rings. The van der Waals surface area contributed by atoms with Crippen molar-refractivity contribution in [3.05, 3.63) is 23.5 Å². The summed E-state index contributed by atoms with van der Waals surface area (Å²) in [4.78, 5) is 15.2. The second-order valence-corrected chi connectivity index (χ2v) is 7.09. The van der Waals surface area contributed by atoms with E-state index in [0.29, 0.717) is 11.8 Å². The number of nitrogens with zero attached hydrogens (tertiary/aromatic N) is 2. The maximum Gasteiger partial charge on any atom is 0.288 e. The zero-order valence-electron chi connectivity index (χ0n) is 12.9. The lowest BCUT2D eigenvalue weighted by Crippen LogP contribution is -2.41. The highest BCUT2D eigenvalue weighted by Gasteiger charge is 2.39. The molecule has 0 saturated carbocycles. The first-order valence-electron chi connectivity index (χ1n) is 6.96. The van der Waals surface area contributed by atoms with E-state index >= 15 is 0 Å². The predicted octanol–water partition coefficient (Wildman–Crippen LogP) is 4.91. The number of halogens is 7. The highest BCUT2D eigenvalue weighted by atomic mass is 32.2. The van der Waals surface area contributed by atoms with Gasteiger partial charge in [-0.3, -0.25) is 9.69 Å². The van der Waals surface area contributed by atoms with Crippen molar-refractivity contribution in [1.29, 1.82) is 0 Å². The van der Waals surface area contributed by atoms with Crippen LogP contribution in [0.4, 0.5) is 36.4 Å². The number of amidine groups is 1. The van der Waals surface area contributed by atoms with E-state index in [1.54, 1.807) is 0 Å². The first kappa shape index (κ1) is 20.9. The van der Waals surface area contributed by atoms with E-state index in [1.807, 2.05) is 0 Å². The number of hydrogen-bond donors (Lipinski definition) is 0. The summed E-state index contributed by atoms with van der Waals surface area (Å²) in [6.07, 6.45) is -9.70. The third kappa shape index (κ3) is 4.64. The van der Waals surface area contributed by atoms with Gasteiger partial charge in [0.05, 0.1) is 11.4 Å². The molecule has 0 aliphatic carbocycles. The van der Waals surface area contributed by atoms with Crippen molar-refractivity contribution in [2.24, 2.45) is 4.99 Å². The summed E-state index contributed by atoms with van der Waals surface area (Å²) >= 11 is 0.624. The minimum absolute atomic E-state index is 0.0707. The maximum absolute atomic E-state index is 13.8. The van der Waals surface area contributed by atoms with Crippen LogP contribution < -0.4 is 0 Å². The fourth-order valence-electron chi connectivity index (χ4n) is 1.94. The highest BCUT2D eigenvalue weighted by molar-refractivity contribution is 8.15. The van der Waals surface area contributed by atoms with Crippen molar-refractivity contribution >= 4 is 40.3 Å². The normalized spacial score (nSPS) is 19.1. The number of thioether (sulfide) groups is 2. The first-order valence-corrected chi connectivity index (χ1v) is 8.83. The van der Waals surface area contributed by atoms with Gasteiger partial charge < -0.3 is 0 Å². The van der Waals surface area contributed by atoms with E-state index in [4.69, 9.17) is 0 Å². The summed E-state index contributed by atoms with van der Waals surface area (Å²) < 4.78 is 90.4. The molecule has 0 spiro atoms. The van der Waals surface area contributed by atoms with E-state index in [1.165, 1.54) is 6.92 Å². The fraction of sp³-hybridized carbons (Fsp3) is 0.429. The quantitative estimate of drug-likeness (QED) is 0.373. The molecular formula is C14H11F7N2OS2. The lowest BCUT2D eigenvalue weighted by Gasteiger charge is -2.20. The molecule has 1 fully saturated rings. The van der Waals surface area contributed by atoms with E-state index in [0.717, 1.165) is 12.1 Å². The number of alkyl halides is 6. The van der Waals surface area contributed by atoms with Gasteiger partial charge in [-0.15, -0.1) is 0 Å². The van der Waals surface area contributed by atoms with Crippen molar-refractivity contribution in [3.8, 4) is 0 Å². The third-order valence-corrected chi connectivity index (χ3v) is 5.09. The number of benzene rings is 1. The number of rotatable bonds is 6. The summed E-state index contributed by atoms with van der Waals surface area (Å²) in [5.41, 5.74) is -2.60. The summed E-state index contributed by atoms with van der Waals surface area (Å²) in [5.74, 6) is -2.20. The Labute approximate surface area is 152 Å². The number of carbonyl (C=O) groups is 1. The summed E-state index contributed by atoms with van der Waals surface area (Å²) in [6.45, 7) is 1.38. The summed E-state index contributed by atoms with van der Waals surface area (Å²) in [6, 6.07) is 1.83. The van der Waals surface area contributed by atoms with Gasteiger partial charge in [0.25, 0.3) is 12.9 Å². The van der Waals surface area contributed by atoms with Gasteiger partial charge in [0.1, 0.15) is 5.82 Å². The molecule has 0 N–H and O–H groups in total. The zero-order chi connectivity index (χ0) is 19.6. The van der Waals surface area contributed by atoms with Crippen LogP contribution in [0.5, 0.6) is 0 Å². The topological polar surface area (TPSA) is 32.7 Å². The largest absolute Gasteiger partial charge is 0.288 e. The average Bonchev–Trinajstić information content (AvgIpc) is 2.91. The zero-order valence-corrected chi connectivity index (χ0v) is 14.6. The summed E-state index contributed by atoms with van der Waals surface area (Å²) in [5, 5.41) is -0.376. The van der Waals surface area contributed by atoms with Crippen LogP contribution >= 0.6 is 23.5 Å². The first-order chi connectivity index (χ1) is 12.1. The van der Waals surface area contributed by atoms with Crippen molar-refractivity contribution in [3.63, 3.8) is 0 Å². The summed E-state index contributed by atoms with van der Waals surface area (Å²) in [7, 11) is 0. The van der Waals surface area contributed by atoms with Gasteiger partial charge >= 0.3 is 0 Å². The Morgan fingerprint density at radius 1 is 1.15 bits per heavy atom. The molecule has 1 aromatic rings. The van der Waals surface area contributed by atoms with Gasteiger partial charge in [-0.25, -0.2) is 35.7 Å². The highest BCUT2D eigenvalue weighted by Crippen LogP contribution is 2.36. The molecule has 2 unspecified atom stereocenters. The van der Waals surface area contributed by atoms with Crippen LogP contribution in [0.2, 0.25) is 0 Å². The smallest absolute Gasteiger partial charge is 0.273 e. The molecule has 0 aromatic heterocycles. The molecule has 0 radical (unpaired) electrons. The number of amides is 1. The lowest BCUT2D eigenvalue weighted by atomic mass is 10.2. The molecule has 26 heavy (non-hydrogen) atoms. The Balaban J connectivity index is 2.38. The number of aliphatic imine (C=N–C) groups is 1. The molecule has 1 aromatic carbocycles. The minimum atomic E-state index is -3.46. The van der Waals surface area contributed by atoms with Crippen LogP contribution in [0, 0.1) is 12.7 Å². The van der Waals surface area contributed by atoms with Gasteiger partial charge in [0.2, 0.25) is 17.7 Å². The molecule has 1 amide bonds. The van der Waals surface area contributed by atoms with Crippen molar-refractivity contribution in [2.75, 3.05) is 5.75 Å². The molecule has 0 bridgehead atoms. The molecule has 2 rings (SSSR count). The average molecular weight is 420 g/mol. The van der Waals surface area contributed by atoms with Gasteiger partial charge in [-0.1, -0.05) is 23.5 Å². The molecule has 12 heteroatoms. The van der Waals surface area contributed by atoms with Crippen LogP contribution in [0.15, 0.2) is 22.0 Å². The SMILES string of the molecule is Cc1cc(F)c(SC(F)C(F)F)cc1N=C1SCC(=O)N1C(F)C(F)F. The van der Waals surface area contributed by atoms with E-state index in [-0.39, 0.29) is 38.8 Å². The van der Waals surface area contributed by atoms with Gasteiger partial charge in [-0.2, -0.15) is 0 Å². The number of aryl methyl sites for hydroxylation is 1. The lowest BCUT2D eigenvalue weighted by molar-refractivity contribution is -0.132. The van der Waals surface area contributed by atoms with Crippen LogP contribution in [0.3, 0.4) is 0 Å². The monoisotopic (exact) mass is 420 g/mol. The van der Waals surface area contributed by atoms with Crippen molar-refractivity contribution in [1.82, 2.24) is 4.90 Å². The molecule has 1 heterocycles. The molecular weight excluding hydrogens is 409 g/mol. The standard InChI is InChI=1S/C14H11F7N2OS2/c1-5-2-6(15)8(26-13(21)11(18)19)3-7(5)22-14-23(9(24)4-25-14)12(20)10(16)17/h2-3,10-13H,4H2,1H3. The van der Waals surface area contributed by atoms with Crippen LogP contribution in [-0.4, -0.2) is 46.4 Å². The van der Waals surface area contributed by atoms with E-state index in [9.17, 15) is 35.5 Å². The second kappa shape index (κ2) is 8.51. The Morgan fingerprint density at radius 3 is 2.38 bits per heavy atom. The van der Waals surface area contributed by atoms with Crippen LogP contribution in [0.1, 0.15) is 5.56 Å². The fourth-order valence-corrected chi connectivity index (χ4v) is 3.54. The van der Waals surface area contributed by atoms with Crippen LogP contribution in [0.25, 0.3) is 0 Å². The third-order valence-electron chi connectivity index (χ3n) is 3.16. The Bertz CT molecular complexity index is 717.